The molecule has 1 aromatic carbocycles. The molecule has 1 aromatic heterocycles. The molecule has 1 aliphatic carbocycles. The zero-order chi connectivity index (χ0) is 22.1. The number of rotatable bonds is 5. The van der Waals surface area contributed by atoms with Crippen LogP contribution in [0.4, 0.5) is 0 Å². The standard InChI is InChI=1S/C24H25NO5S/c1-13-21(24(27)30-4)22(16-8-7-15(28-2)12-19(16)29-3)23-17(25-13)10-14(11-18(23)26)20-6-5-9-31-20/h5-9,12,14,22,25H,10-11H2,1-4H3/t14-,22+/m0/s1. The minimum absolute atomic E-state index is 0.0314. The Morgan fingerprint density at radius 1 is 1.13 bits per heavy atom. The maximum absolute atomic E-state index is 13.5. The number of hydrogen-bond acceptors (Lipinski definition) is 7. The van der Waals surface area contributed by atoms with Crippen LogP contribution < -0.4 is 14.8 Å². The van der Waals surface area contributed by atoms with Gasteiger partial charge in [0, 0.05) is 45.8 Å². The fraction of sp³-hybridized carbons (Fsp3) is 0.333. The van der Waals surface area contributed by atoms with Gasteiger partial charge in [-0.2, -0.15) is 0 Å². The van der Waals surface area contributed by atoms with Crippen molar-refractivity contribution in [3.63, 3.8) is 0 Å². The highest BCUT2D eigenvalue weighted by Crippen LogP contribution is 2.48. The number of thiophene rings is 1. The van der Waals surface area contributed by atoms with Crippen LogP contribution in [0.2, 0.25) is 0 Å². The molecular weight excluding hydrogens is 414 g/mol. The molecular formula is C24H25NO5S. The van der Waals surface area contributed by atoms with Crippen LogP contribution >= 0.6 is 11.3 Å². The summed E-state index contributed by atoms with van der Waals surface area (Å²) in [6.07, 6.45) is 1.12. The molecule has 0 unspecified atom stereocenters. The Morgan fingerprint density at radius 3 is 2.58 bits per heavy atom. The lowest BCUT2D eigenvalue weighted by Gasteiger charge is -2.36. The van der Waals surface area contributed by atoms with Crippen molar-refractivity contribution in [3.05, 3.63) is 68.7 Å². The number of nitrogens with one attached hydrogen (secondary N) is 1. The van der Waals surface area contributed by atoms with Crippen LogP contribution in [0.5, 0.6) is 11.5 Å². The molecule has 162 valence electrons. The molecule has 0 amide bonds. The fourth-order valence-corrected chi connectivity index (χ4v) is 5.34. The number of allylic oxidation sites excluding steroid dienone is 3. The van der Waals surface area contributed by atoms with Crippen LogP contribution in [0, 0.1) is 0 Å². The Kier molecular flexibility index (Phi) is 5.87. The highest BCUT2D eigenvalue weighted by molar-refractivity contribution is 7.10. The van der Waals surface area contributed by atoms with Gasteiger partial charge in [0.2, 0.25) is 0 Å². The number of hydrogen-bond donors (Lipinski definition) is 1. The first-order chi connectivity index (χ1) is 15.0. The summed E-state index contributed by atoms with van der Waals surface area (Å²) in [5.74, 6) is 0.319. The lowest BCUT2D eigenvalue weighted by atomic mass is 9.72. The van der Waals surface area contributed by atoms with Crippen molar-refractivity contribution >= 4 is 23.1 Å². The van der Waals surface area contributed by atoms with Gasteiger partial charge in [-0.25, -0.2) is 4.79 Å². The molecule has 1 aliphatic heterocycles. The second-order valence-corrected chi connectivity index (χ2v) is 8.61. The third kappa shape index (κ3) is 3.74. The second-order valence-electron chi connectivity index (χ2n) is 7.63. The Morgan fingerprint density at radius 2 is 1.94 bits per heavy atom. The number of carbonyl (C=O) groups excluding carboxylic acids is 2. The molecule has 4 rings (SSSR count). The first kappa shape index (κ1) is 21.2. The minimum atomic E-state index is -0.568. The molecule has 0 fully saturated rings. The first-order valence-corrected chi connectivity index (χ1v) is 10.9. The highest BCUT2D eigenvalue weighted by atomic mass is 32.1. The Bertz CT molecular complexity index is 1080. The molecule has 0 saturated carbocycles. The van der Waals surface area contributed by atoms with Crippen molar-refractivity contribution in [2.24, 2.45) is 0 Å². The quantitative estimate of drug-likeness (QED) is 0.701. The van der Waals surface area contributed by atoms with E-state index in [0.717, 1.165) is 11.3 Å². The van der Waals surface area contributed by atoms with Crippen molar-refractivity contribution in [1.29, 1.82) is 0 Å². The van der Waals surface area contributed by atoms with E-state index in [2.05, 4.69) is 11.4 Å². The largest absolute Gasteiger partial charge is 0.497 e. The van der Waals surface area contributed by atoms with E-state index in [1.807, 2.05) is 30.5 Å². The Labute approximate surface area is 185 Å². The zero-order valence-electron chi connectivity index (χ0n) is 18.0. The van der Waals surface area contributed by atoms with E-state index in [0.29, 0.717) is 41.2 Å². The molecule has 6 nitrogen and oxygen atoms in total. The zero-order valence-corrected chi connectivity index (χ0v) is 18.8. The average molecular weight is 440 g/mol. The summed E-state index contributed by atoms with van der Waals surface area (Å²) < 4.78 is 16.0. The van der Waals surface area contributed by atoms with E-state index in [1.54, 1.807) is 31.6 Å². The summed E-state index contributed by atoms with van der Waals surface area (Å²) in [6, 6.07) is 9.51. The molecule has 0 radical (unpaired) electrons. The van der Waals surface area contributed by atoms with E-state index >= 15 is 0 Å². The topological polar surface area (TPSA) is 73.9 Å². The van der Waals surface area contributed by atoms with Crippen molar-refractivity contribution in [3.8, 4) is 11.5 Å². The smallest absolute Gasteiger partial charge is 0.336 e. The van der Waals surface area contributed by atoms with Gasteiger partial charge in [0.1, 0.15) is 11.5 Å². The van der Waals surface area contributed by atoms with Gasteiger partial charge in [0.15, 0.2) is 5.78 Å². The molecule has 0 spiro atoms. The fourth-order valence-electron chi connectivity index (χ4n) is 4.51. The summed E-state index contributed by atoms with van der Waals surface area (Å²) >= 11 is 1.67. The predicted octanol–water partition coefficient (Wildman–Crippen LogP) is 4.30. The van der Waals surface area contributed by atoms with Gasteiger partial charge in [-0.3, -0.25) is 4.79 Å². The number of dihydropyridines is 1. The third-order valence-corrected chi connectivity index (χ3v) is 6.96. The number of ether oxygens (including phenoxy) is 3. The monoisotopic (exact) mass is 439 g/mol. The van der Waals surface area contributed by atoms with Crippen LogP contribution in [-0.4, -0.2) is 33.1 Å². The predicted molar refractivity (Wildman–Crippen MR) is 118 cm³/mol. The molecule has 2 aliphatic rings. The summed E-state index contributed by atoms with van der Waals surface area (Å²) in [7, 11) is 4.50. The average Bonchev–Trinajstić information content (AvgIpc) is 3.32. The second kappa shape index (κ2) is 8.59. The highest BCUT2D eigenvalue weighted by Gasteiger charge is 2.42. The van der Waals surface area contributed by atoms with Crippen molar-refractivity contribution in [1.82, 2.24) is 5.32 Å². The third-order valence-electron chi connectivity index (χ3n) is 5.93. The van der Waals surface area contributed by atoms with Crippen molar-refractivity contribution < 1.29 is 23.8 Å². The van der Waals surface area contributed by atoms with Gasteiger partial charge < -0.3 is 19.5 Å². The summed E-state index contributed by atoms with van der Waals surface area (Å²) in [5, 5.41) is 5.37. The summed E-state index contributed by atoms with van der Waals surface area (Å²) in [4.78, 5) is 27.5. The first-order valence-electron chi connectivity index (χ1n) is 10.1. The summed E-state index contributed by atoms with van der Waals surface area (Å²) in [6.45, 7) is 1.85. The maximum Gasteiger partial charge on any atom is 0.336 e. The minimum Gasteiger partial charge on any atom is -0.497 e. The Hall–Kier alpha value is -3.06. The Balaban J connectivity index is 1.87. The van der Waals surface area contributed by atoms with Crippen LogP contribution in [0.25, 0.3) is 0 Å². The number of Topliss-reactive ketones (excluding diaryl/α,β-unsaturated/α-hetero) is 1. The van der Waals surface area contributed by atoms with E-state index in [9.17, 15) is 9.59 Å². The molecule has 2 atom stereocenters. The van der Waals surface area contributed by atoms with Crippen LogP contribution in [0.1, 0.15) is 42.0 Å². The van der Waals surface area contributed by atoms with Crippen LogP contribution in [0.3, 0.4) is 0 Å². The SMILES string of the molecule is COC(=O)C1=C(C)NC2=C(C(=O)C[C@@H](c3cccs3)C2)[C@@H]1c1ccc(OC)cc1OC. The van der Waals surface area contributed by atoms with E-state index in [-0.39, 0.29) is 11.7 Å². The molecule has 31 heavy (non-hydrogen) atoms. The van der Waals surface area contributed by atoms with Crippen LogP contribution in [0.15, 0.2) is 58.3 Å². The van der Waals surface area contributed by atoms with E-state index in [4.69, 9.17) is 14.2 Å². The lowest BCUT2D eigenvalue weighted by molar-refractivity contribution is -0.136. The number of carbonyl (C=O) groups is 2. The number of ketones is 1. The molecule has 0 bridgehead atoms. The van der Waals surface area contributed by atoms with Gasteiger partial charge in [-0.15, -0.1) is 11.3 Å². The van der Waals surface area contributed by atoms with Gasteiger partial charge in [-0.1, -0.05) is 12.1 Å². The maximum atomic E-state index is 13.5. The van der Waals surface area contributed by atoms with E-state index in [1.165, 1.54) is 12.0 Å². The lowest BCUT2D eigenvalue weighted by Crippen LogP contribution is -2.36. The van der Waals surface area contributed by atoms with Gasteiger partial charge >= 0.3 is 5.97 Å². The normalized spacial score (nSPS) is 20.8. The number of esters is 1. The number of methoxy groups -OCH3 is 3. The molecule has 0 saturated heterocycles. The van der Waals surface area contributed by atoms with Crippen molar-refractivity contribution in [2.75, 3.05) is 21.3 Å². The van der Waals surface area contributed by atoms with Gasteiger partial charge in [-0.05, 0) is 30.9 Å². The molecule has 2 aromatic rings. The molecule has 1 N–H and O–H groups in total. The van der Waals surface area contributed by atoms with Gasteiger partial charge in [0.05, 0.1) is 32.8 Å². The molecule has 2 heterocycles. The number of benzene rings is 1. The van der Waals surface area contributed by atoms with Crippen molar-refractivity contribution in [2.45, 2.75) is 31.6 Å². The summed E-state index contributed by atoms with van der Waals surface area (Å²) in [5.41, 5.74) is 3.32. The van der Waals surface area contributed by atoms with E-state index < -0.39 is 11.9 Å². The van der Waals surface area contributed by atoms with Crippen LogP contribution in [-0.2, 0) is 14.3 Å². The van der Waals surface area contributed by atoms with Gasteiger partial charge in [0.25, 0.3) is 0 Å². The molecule has 7 heteroatoms.